The summed E-state index contributed by atoms with van der Waals surface area (Å²) in [5.41, 5.74) is 2.38. The van der Waals surface area contributed by atoms with Crippen LogP contribution in [0.3, 0.4) is 0 Å². The number of benzene rings is 2. The predicted octanol–water partition coefficient (Wildman–Crippen LogP) is 3.24. The van der Waals surface area contributed by atoms with E-state index < -0.39 is 6.04 Å². The monoisotopic (exact) mass is 451 g/mol. The number of carbonyl (C=O) groups excluding carboxylic acids is 1. The maximum absolute atomic E-state index is 13.6. The lowest BCUT2D eigenvalue weighted by molar-refractivity contribution is -0.113. The highest BCUT2D eigenvalue weighted by molar-refractivity contribution is 6.06. The number of hydrogen-bond donors (Lipinski definition) is 2. The maximum Gasteiger partial charge on any atom is 0.255 e. The fourth-order valence-electron chi connectivity index (χ4n) is 3.82. The first-order valence-electron chi connectivity index (χ1n) is 10.1. The minimum atomic E-state index is -0.555. The first-order valence-corrected chi connectivity index (χ1v) is 10.1. The highest BCUT2D eigenvalue weighted by Gasteiger charge is 2.34. The van der Waals surface area contributed by atoms with Crippen molar-refractivity contribution in [2.24, 2.45) is 0 Å². The largest absolute Gasteiger partial charge is 0.497 e. The summed E-state index contributed by atoms with van der Waals surface area (Å²) in [5.74, 6) is 2.43. The second-order valence-corrected chi connectivity index (χ2v) is 7.23. The Hall–Kier alpha value is -4.21. The van der Waals surface area contributed by atoms with Gasteiger partial charge in [0.05, 0.1) is 39.7 Å². The summed E-state index contributed by atoms with van der Waals surface area (Å²) in [7, 11) is 6.24. The van der Waals surface area contributed by atoms with Gasteiger partial charge in [-0.05, 0) is 36.8 Å². The van der Waals surface area contributed by atoms with Gasteiger partial charge in [-0.25, -0.2) is 4.68 Å². The summed E-state index contributed by atoms with van der Waals surface area (Å²) >= 11 is 0. The number of methoxy groups -OCH3 is 4. The van der Waals surface area contributed by atoms with Crippen molar-refractivity contribution >= 4 is 17.5 Å². The van der Waals surface area contributed by atoms with Gasteiger partial charge in [-0.1, -0.05) is 6.07 Å². The molecule has 0 radical (unpaired) electrons. The number of fused-ring (bicyclic) bond motifs is 1. The number of carbonyl (C=O) groups is 1. The summed E-state index contributed by atoms with van der Waals surface area (Å²) in [4.78, 5) is 17.9. The minimum absolute atomic E-state index is 0.326. The summed E-state index contributed by atoms with van der Waals surface area (Å²) < 4.78 is 23.2. The van der Waals surface area contributed by atoms with Crippen LogP contribution in [0.1, 0.15) is 18.5 Å². The lowest BCUT2D eigenvalue weighted by atomic mass is 9.94. The molecule has 0 unspecified atom stereocenters. The van der Waals surface area contributed by atoms with Crippen LogP contribution in [0.25, 0.3) is 0 Å². The number of ether oxygens (including phenoxy) is 4. The number of rotatable bonds is 7. The molecule has 3 aromatic rings. The van der Waals surface area contributed by atoms with Crippen molar-refractivity contribution in [3.63, 3.8) is 0 Å². The third kappa shape index (κ3) is 4.02. The lowest BCUT2D eigenvalue weighted by Crippen LogP contribution is -2.31. The van der Waals surface area contributed by atoms with Crippen molar-refractivity contribution in [2.75, 3.05) is 39.1 Å². The number of amides is 1. The van der Waals surface area contributed by atoms with E-state index in [-0.39, 0.29) is 5.91 Å². The second-order valence-electron chi connectivity index (χ2n) is 7.23. The standard InChI is InChI=1S/C23H25N5O5/c1-13-20(22(29)27-16-11-15(30-2)7-9-17(16)31-3)21(28-23(26-13)24-12-25-28)14-6-8-18(32-4)19(10-14)33-5/h6-12,21H,1-5H3,(H,27,29)(H,24,25,26)/t21-/m0/s1. The van der Waals surface area contributed by atoms with Gasteiger partial charge < -0.3 is 29.6 Å². The Labute approximate surface area is 191 Å². The normalized spacial score (nSPS) is 14.8. The molecule has 2 aromatic carbocycles. The molecule has 10 nitrogen and oxygen atoms in total. The number of nitrogens with zero attached hydrogens (tertiary/aromatic N) is 3. The molecule has 1 aliphatic rings. The van der Waals surface area contributed by atoms with Gasteiger partial charge in [-0.3, -0.25) is 4.79 Å². The molecule has 1 atom stereocenters. The van der Waals surface area contributed by atoms with E-state index in [1.165, 1.54) is 13.4 Å². The topological polar surface area (TPSA) is 109 Å². The van der Waals surface area contributed by atoms with Crippen molar-refractivity contribution in [3.05, 3.63) is 59.6 Å². The first-order chi connectivity index (χ1) is 16.0. The van der Waals surface area contributed by atoms with Crippen LogP contribution in [0, 0.1) is 0 Å². The van der Waals surface area contributed by atoms with Gasteiger partial charge in [0.15, 0.2) is 11.5 Å². The Morgan fingerprint density at radius 1 is 0.970 bits per heavy atom. The Bertz CT molecular complexity index is 1220. The highest BCUT2D eigenvalue weighted by Crippen LogP contribution is 2.39. The van der Waals surface area contributed by atoms with Crippen LogP contribution in [0.15, 0.2) is 54.0 Å². The van der Waals surface area contributed by atoms with E-state index >= 15 is 0 Å². The summed E-state index contributed by atoms with van der Waals surface area (Å²) in [6.45, 7) is 1.82. The van der Waals surface area contributed by atoms with Crippen LogP contribution in [0.5, 0.6) is 23.0 Å². The number of hydrogen-bond acceptors (Lipinski definition) is 8. The van der Waals surface area contributed by atoms with Crippen LogP contribution < -0.4 is 29.6 Å². The van der Waals surface area contributed by atoms with Gasteiger partial charge in [-0.15, -0.1) is 0 Å². The van der Waals surface area contributed by atoms with Gasteiger partial charge in [0.2, 0.25) is 5.95 Å². The molecule has 10 heteroatoms. The fourth-order valence-corrected chi connectivity index (χ4v) is 3.82. The van der Waals surface area contributed by atoms with E-state index in [2.05, 4.69) is 20.7 Å². The van der Waals surface area contributed by atoms with Crippen LogP contribution in [0.2, 0.25) is 0 Å². The molecule has 2 N–H and O–H groups in total. The van der Waals surface area contributed by atoms with Crippen molar-refractivity contribution in [3.8, 4) is 23.0 Å². The molecule has 0 bridgehead atoms. The van der Waals surface area contributed by atoms with E-state index in [1.54, 1.807) is 50.3 Å². The van der Waals surface area contributed by atoms with Crippen molar-refractivity contribution in [1.29, 1.82) is 0 Å². The van der Waals surface area contributed by atoms with E-state index in [9.17, 15) is 4.79 Å². The predicted molar refractivity (Wildman–Crippen MR) is 122 cm³/mol. The smallest absolute Gasteiger partial charge is 0.255 e. The lowest BCUT2D eigenvalue weighted by Gasteiger charge is -2.29. The van der Waals surface area contributed by atoms with Crippen LogP contribution in [0.4, 0.5) is 11.6 Å². The second kappa shape index (κ2) is 9.11. The molecule has 1 amide bonds. The zero-order chi connectivity index (χ0) is 23.5. The van der Waals surface area contributed by atoms with Crippen molar-refractivity contribution < 1.29 is 23.7 Å². The summed E-state index contributed by atoms with van der Waals surface area (Å²) in [5, 5.41) is 10.5. The van der Waals surface area contributed by atoms with Gasteiger partial charge >= 0.3 is 0 Å². The van der Waals surface area contributed by atoms with E-state index in [0.717, 1.165) is 5.56 Å². The molecule has 0 fully saturated rings. The molecule has 2 heterocycles. The third-order valence-corrected chi connectivity index (χ3v) is 5.42. The van der Waals surface area contributed by atoms with Gasteiger partial charge in [0, 0.05) is 11.8 Å². The molecule has 0 aliphatic carbocycles. The number of nitrogens with one attached hydrogen (secondary N) is 2. The van der Waals surface area contributed by atoms with E-state index in [0.29, 0.717) is 45.9 Å². The quantitative estimate of drug-likeness (QED) is 0.564. The molecular weight excluding hydrogens is 426 g/mol. The van der Waals surface area contributed by atoms with Gasteiger partial charge in [0.1, 0.15) is 23.9 Å². The van der Waals surface area contributed by atoms with E-state index in [4.69, 9.17) is 18.9 Å². The Morgan fingerprint density at radius 2 is 1.70 bits per heavy atom. The van der Waals surface area contributed by atoms with Crippen LogP contribution >= 0.6 is 0 Å². The molecule has 0 saturated heterocycles. The van der Waals surface area contributed by atoms with Crippen molar-refractivity contribution in [2.45, 2.75) is 13.0 Å². The maximum atomic E-state index is 13.6. The number of aromatic nitrogens is 3. The molecule has 33 heavy (non-hydrogen) atoms. The van der Waals surface area contributed by atoms with Crippen LogP contribution in [-0.2, 0) is 4.79 Å². The molecule has 0 spiro atoms. The number of allylic oxidation sites excluding steroid dienone is 1. The first kappa shape index (κ1) is 22.0. The highest BCUT2D eigenvalue weighted by atomic mass is 16.5. The minimum Gasteiger partial charge on any atom is -0.497 e. The summed E-state index contributed by atoms with van der Waals surface area (Å²) in [6.07, 6.45) is 1.44. The Balaban J connectivity index is 1.78. The SMILES string of the molecule is COc1ccc(OC)c(NC(=O)C2=C(C)Nc3ncnn3[C@H]2c2ccc(OC)c(OC)c2)c1. The zero-order valence-corrected chi connectivity index (χ0v) is 19.0. The molecular formula is C23H25N5O5. The zero-order valence-electron chi connectivity index (χ0n) is 19.0. The van der Waals surface area contributed by atoms with Crippen molar-refractivity contribution in [1.82, 2.24) is 14.8 Å². The van der Waals surface area contributed by atoms with Gasteiger partial charge in [-0.2, -0.15) is 10.1 Å². The van der Waals surface area contributed by atoms with E-state index in [1.807, 2.05) is 19.1 Å². The fraction of sp³-hybridized carbons (Fsp3) is 0.261. The molecule has 4 rings (SSSR count). The Kier molecular flexibility index (Phi) is 6.07. The van der Waals surface area contributed by atoms with Crippen LogP contribution in [-0.4, -0.2) is 49.1 Å². The Morgan fingerprint density at radius 3 is 2.39 bits per heavy atom. The average Bonchev–Trinajstić information content (AvgIpc) is 3.30. The summed E-state index contributed by atoms with van der Waals surface area (Å²) in [6, 6.07) is 10.1. The number of anilines is 2. The van der Waals surface area contributed by atoms with Gasteiger partial charge in [0.25, 0.3) is 5.91 Å². The average molecular weight is 451 g/mol. The molecule has 172 valence electrons. The molecule has 1 aliphatic heterocycles. The third-order valence-electron chi connectivity index (χ3n) is 5.42. The molecule has 1 aromatic heterocycles. The molecule has 0 saturated carbocycles.